The van der Waals surface area contributed by atoms with E-state index >= 15 is 0 Å². The fourth-order valence-electron chi connectivity index (χ4n) is 5.27. The van der Waals surface area contributed by atoms with E-state index in [9.17, 15) is 0 Å². The highest BCUT2D eigenvalue weighted by Crippen LogP contribution is 2.14. The first kappa shape index (κ1) is 35.0. The molecule has 1 rings (SSSR count). The zero-order valence-electron chi connectivity index (χ0n) is 22.7. The molecule has 0 bridgehead atoms. The van der Waals surface area contributed by atoms with E-state index in [-0.39, 0.29) is 34.0 Å². The van der Waals surface area contributed by atoms with Gasteiger partial charge < -0.3 is 42.9 Å². The van der Waals surface area contributed by atoms with Crippen LogP contribution in [0.4, 0.5) is 0 Å². The van der Waals surface area contributed by atoms with Crippen LogP contribution in [0.3, 0.4) is 0 Å². The van der Waals surface area contributed by atoms with Gasteiger partial charge in [0.1, 0.15) is 0 Å². The number of halogens is 2. The van der Waals surface area contributed by atoms with Gasteiger partial charge in [-0.1, -0.05) is 26.7 Å². The highest BCUT2D eigenvalue weighted by Gasteiger charge is 2.27. The average Bonchev–Trinajstić information content (AvgIpc) is 2.80. The number of quaternary nitrogens is 2. The molecular weight excluding hydrogens is 528 g/mol. The monoisotopic (exact) mass is 584 g/mol. The van der Waals surface area contributed by atoms with Gasteiger partial charge in [0, 0.05) is 39.3 Å². The molecule has 1 heterocycles. The molecule has 0 unspecified atom stereocenters. The van der Waals surface area contributed by atoms with E-state index in [4.69, 9.17) is 0 Å². The lowest BCUT2D eigenvalue weighted by Gasteiger charge is -2.42. The van der Waals surface area contributed by atoms with Crippen molar-refractivity contribution in [2.75, 3.05) is 91.6 Å². The Kier molecular flexibility index (Phi) is 21.9. The van der Waals surface area contributed by atoms with Crippen molar-refractivity contribution < 1.29 is 42.9 Å². The summed E-state index contributed by atoms with van der Waals surface area (Å²) in [6.45, 7) is 32.6. The predicted molar refractivity (Wildman–Crippen MR) is 134 cm³/mol. The summed E-state index contributed by atoms with van der Waals surface area (Å²) in [7, 11) is 0. The highest BCUT2D eigenvalue weighted by atomic mass is 79.9. The maximum absolute atomic E-state index is 2.75. The predicted octanol–water partition coefficient (Wildman–Crippen LogP) is -1.29. The second kappa shape index (κ2) is 20.0. The van der Waals surface area contributed by atoms with E-state index in [1.807, 2.05) is 0 Å². The average molecular weight is 587 g/mol. The molecule has 0 aliphatic carbocycles. The van der Waals surface area contributed by atoms with Gasteiger partial charge in [0.05, 0.1) is 52.4 Å². The second-order valence-corrected chi connectivity index (χ2v) is 9.94. The lowest BCUT2D eigenvalue weighted by Crippen LogP contribution is -3.00. The summed E-state index contributed by atoms with van der Waals surface area (Å²) < 4.78 is 2.65. The summed E-state index contributed by atoms with van der Waals surface area (Å²) in [4.78, 5) is 5.50. The van der Waals surface area contributed by atoms with Gasteiger partial charge in [-0.2, -0.15) is 0 Å². The normalized spacial score (nSPS) is 15.9. The van der Waals surface area contributed by atoms with Crippen LogP contribution in [0, 0.1) is 0 Å². The van der Waals surface area contributed by atoms with E-state index in [1.165, 1.54) is 139 Å². The minimum atomic E-state index is 0. The molecule has 4 nitrogen and oxygen atoms in total. The minimum absolute atomic E-state index is 0. The van der Waals surface area contributed by atoms with Crippen LogP contribution < -0.4 is 34.0 Å². The van der Waals surface area contributed by atoms with E-state index in [1.54, 1.807) is 0 Å². The van der Waals surface area contributed by atoms with Crippen LogP contribution in [-0.2, 0) is 0 Å². The molecule has 196 valence electrons. The molecule has 0 radical (unpaired) electrons. The van der Waals surface area contributed by atoms with Gasteiger partial charge in [-0.15, -0.1) is 0 Å². The molecular formula is C26H58Br2N4. The van der Waals surface area contributed by atoms with Crippen LogP contribution in [0.1, 0.15) is 80.1 Å². The van der Waals surface area contributed by atoms with Crippen molar-refractivity contribution in [1.29, 1.82) is 0 Å². The third kappa shape index (κ3) is 12.5. The van der Waals surface area contributed by atoms with Crippen LogP contribution in [0.25, 0.3) is 0 Å². The van der Waals surface area contributed by atoms with Crippen molar-refractivity contribution in [2.24, 2.45) is 0 Å². The summed E-state index contributed by atoms with van der Waals surface area (Å²) >= 11 is 0. The van der Waals surface area contributed by atoms with Crippen LogP contribution in [0.15, 0.2) is 0 Å². The summed E-state index contributed by atoms with van der Waals surface area (Å²) in [6.07, 6.45) is 8.27. The fraction of sp³-hybridized carbons (Fsp3) is 1.00. The molecule has 0 aromatic rings. The Morgan fingerprint density at radius 3 is 1.03 bits per heavy atom. The van der Waals surface area contributed by atoms with Gasteiger partial charge in [0.25, 0.3) is 0 Å². The van der Waals surface area contributed by atoms with Crippen LogP contribution in [-0.4, -0.2) is 110 Å². The molecule has 0 saturated carbocycles. The molecule has 1 saturated heterocycles. The van der Waals surface area contributed by atoms with Crippen molar-refractivity contribution in [3.63, 3.8) is 0 Å². The maximum Gasteiger partial charge on any atom is 0.0915 e. The third-order valence-electron chi connectivity index (χ3n) is 8.40. The van der Waals surface area contributed by atoms with Crippen molar-refractivity contribution in [3.8, 4) is 0 Å². The molecule has 0 atom stereocenters. The molecule has 1 aliphatic rings. The van der Waals surface area contributed by atoms with Crippen molar-refractivity contribution in [2.45, 2.75) is 80.1 Å². The second-order valence-electron chi connectivity index (χ2n) is 9.94. The third-order valence-corrected chi connectivity index (χ3v) is 8.40. The van der Waals surface area contributed by atoms with Crippen LogP contribution in [0.5, 0.6) is 0 Å². The Balaban J connectivity index is 0. The minimum Gasteiger partial charge on any atom is -1.00 e. The first-order chi connectivity index (χ1) is 14.5. The Morgan fingerprint density at radius 2 is 0.781 bits per heavy atom. The van der Waals surface area contributed by atoms with Crippen molar-refractivity contribution in [1.82, 2.24) is 9.80 Å². The fourth-order valence-corrected chi connectivity index (χ4v) is 5.27. The molecule has 0 N–H and O–H groups in total. The van der Waals surface area contributed by atoms with E-state index < -0.39 is 0 Å². The maximum atomic E-state index is 2.75. The molecule has 6 heteroatoms. The zero-order valence-corrected chi connectivity index (χ0v) is 25.9. The number of unbranched alkanes of at least 4 members (excludes halogenated alkanes) is 4. The van der Waals surface area contributed by atoms with Gasteiger partial charge in [0.2, 0.25) is 0 Å². The van der Waals surface area contributed by atoms with E-state index in [2.05, 4.69) is 51.3 Å². The van der Waals surface area contributed by atoms with Crippen LogP contribution in [0.2, 0.25) is 0 Å². The summed E-state index contributed by atoms with van der Waals surface area (Å²) in [5.41, 5.74) is 0. The molecule has 1 fully saturated rings. The van der Waals surface area contributed by atoms with Gasteiger partial charge >= 0.3 is 0 Å². The van der Waals surface area contributed by atoms with Gasteiger partial charge in [-0.25, -0.2) is 0 Å². The topological polar surface area (TPSA) is 6.48 Å². The Morgan fingerprint density at radius 1 is 0.469 bits per heavy atom. The standard InChI is InChI=1S/C26H58N4.2BrH/c1-7-13-15-23-29(9-3,10-4)25-21-27-17-19-28(20-18-27)22-26-30(11-5,12-6)24-16-14-8-2;;/h7-26H2,1-6H3;2*1H/q+2;;/p-2. The first-order valence-corrected chi connectivity index (χ1v) is 13.7. The van der Waals surface area contributed by atoms with Crippen molar-refractivity contribution in [3.05, 3.63) is 0 Å². The lowest BCUT2D eigenvalue weighted by molar-refractivity contribution is -0.924. The van der Waals surface area contributed by atoms with Crippen molar-refractivity contribution >= 4 is 0 Å². The molecule has 32 heavy (non-hydrogen) atoms. The van der Waals surface area contributed by atoms with Gasteiger partial charge in [-0.3, -0.25) is 9.80 Å². The largest absolute Gasteiger partial charge is 1.00 e. The molecule has 0 spiro atoms. The van der Waals surface area contributed by atoms with E-state index in [0.717, 1.165) is 0 Å². The molecule has 0 amide bonds. The quantitative estimate of drug-likeness (QED) is 0.146. The Hall–Kier alpha value is 0.800. The molecule has 0 aromatic heterocycles. The lowest BCUT2D eigenvalue weighted by atomic mass is 10.2. The number of hydrogen-bond acceptors (Lipinski definition) is 2. The number of nitrogens with zero attached hydrogens (tertiary/aromatic N) is 4. The van der Waals surface area contributed by atoms with Crippen LogP contribution >= 0.6 is 0 Å². The summed E-state index contributed by atoms with van der Waals surface area (Å²) in [5, 5.41) is 0. The SMILES string of the molecule is CCCCC[N+](CC)(CC)CCN1CCN(CC[N+](CC)(CC)CCCCC)CC1.[Br-].[Br-]. The Bertz CT molecular complexity index is 369. The van der Waals surface area contributed by atoms with Gasteiger partial charge in [-0.05, 0) is 53.4 Å². The number of rotatable bonds is 18. The summed E-state index contributed by atoms with van der Waals surface area (Å²) in [5.74, 6) is 0. The Labute approximate surface area is 223 Å². The zero-order chi connectivity index (χ0) is 22.3. The summed E-state index contributed by atoms with van der Waals surface area (Å²) in [6, 6.07) is 0. The highest BCUT2D eigenvalue weighted by molar-refractivity contribution is 4.72. The number of piperazine rings is 1. The number of likely N-dealkylation sites (N-methyl/N-ethyl adjacent to an activating group) is 2. The molecule has 1 aliphatic heterocycles. The van der Waals surface area contributed by atoms with Gasteiger partial charge in [0.15, 0.2) is 0 Å². The number of hydrogen-bond donors (Lipinski definition) is 0. The molecule has 0 aromatic carbocycles. The first-order valence-electron chi connectivity index (χ1n) is 13.7. The smallest absolute Gasteiger partial charge is 0.0915 e. The van der Waals surface area contributed by atoms with E-state index in [0.29, 0.717) is 0 Å².